The molecule has 0 unspecified atom stereocenters. The molecule has 3 aromatic rings. The highest BCUT2D eigenvalue weighted by atomic mass is 32.2. The van der Waals surface area contributed by atoms with Gasteiger partial charge in [-0.15, -0.1) is 0 Å². The molecule has 0 aliphatic carbocycles. The van der Waals surface area contributed by atoms with Gasteiger partial charge in [0.1, 0.15) is 11.6 Å². The summed E-state index contributed by atoms with van der Waals surface area (Å²) < 4.78 is 7.82. The molecule has 0 atom stereocenters. The highest BCUT2D eigenvalue weighted by Gasteiger charge is 2.16. The molecule has 3 rings (SSSR count). The van der Waals surface area contributed by atoms with Gasteiger partial charge in [-0.3, -0.25) is 4.57 Å². The largest absolute Gasteiger partial charge is 0.493 e. The van der Waals surface area contributed by atoms with Crippen LogP contribution >= 0.6 is 11.8 Å². The van der Waals surface area contributed by atoms with Gasteiger partial charge in [0.05, 0.1) is 17.6 Å². The first-order chi connectivity index (χ1) is 11.3. The second-order valence-corrected chi connectivity index (χ2v) is 5.88. The minimum Gasteiger partial charge on any atom is -0.493 e. The van der Waals surface area contributed by atoms with Crippen LogP contribution in [0.2, 0.25) is 0 Å². The lowest BCUT2D eigenvalue weighted by molar-refractivity contribution is 0.233. The maximum atomic E-state index is 8.90. The number of hydrogen-bond acceptors (Lipinski definition) is 5. The van der Waals surface area contributed by atoms with E-state index in [9.17, 15) is 0 Å². The van der Waals surface area contributed by atoms with Crippen LogP contribution in [0.1, 0.15) is 12.0 Å². The summed E-state index contributed by atoms with van der Waals surface area (Å²) in [6.45, 7) is 2.61. The van der Waals surface area contributed by atoms with Crippen molar-refractivity contribution in [2.24, 2.45) is 0 Å². The molecule has 0 amide bonds. The summed E-state index contributed by atoms with van der Waals surface area (Å²) in [7, 11) is 0. The first-order valence-electron chi connectivity index (χ1n) is 7.47. The summed E-state index contributed by atoms with van der Waals surface area (Å²) in [5.41, 5.74) is 2.94. The summed E-state index contributed by atoms with van der Waals surface area (Å²) >= 11 is 1.59. The highest BCUT2D eigenvalue weighted by molar-refractivity contribution is 7.98. The summed E-state index contributed by atoms with van der Waals surface area (Å²) in [6, 6.07) is 9.89. The van der Waals surface area contributed by atoms with Crippen LogP contribution in [-0.4, -0.2) is 39.1 Å². The molecule has 2 heterocycles. The normalized spacial score (nSPS) is 11.1. The van der Waals surface area contributed by atoms with Crippen LogP contribution in [0.15, 0.2) is 41.7 Å². The first-order valence-corrected chi connectivity index (χ1v) is 8.70. The van der Waals surface area contributed by atoms with Crippen LogP contribution in [-0.2, 0) is 0 Å². The van der Waals surface area contributed by atoms with Crippen molar-refractivity contribution >= 4 is 22.8 Å². The topological polar surface area (TPSA) is 60.2 Å². The summed E-state index contributed by atoms with van der Waals surface area (Å²) in [5, 5.41) is 9.80. The SMILES string of the molecule is CSc1nc2ccccc2n1-c1nccc(OCCCO)c1C. The zero-order valence-electron chi connectivity index (χ0n) is 13.2. The van der Waals surface area contributed by atoms with Crippen molar-refractivity contribution in [1.29, 1.82) is 0 Å². The third-order valence-electron chi connectivity index (χ3n) is 3.61. The van der Waals surface area contributed by atoms with E-state index >= 15 is 0 Å². The van der Waals surface area contributed by atoms with Crippen LogP contribution in [0, 0.1) is 6.92 Å². The van der Waals surface area contributed by atoms with Gasteiger partial charge in [0.15, 0.2) is 5.16 Å². The lowest BCUT2D eigenvalue weighted by atomic mass is 10.2. The minimum absolute atomic E-state index is 0.125. The van der Waals surface area contributed by atoms with Crippen molar-refractivity contribution in [1.82, 2.24) is 14.5 Å². The number of rotatable bonds is 6. The van der Waals surface area contributed by atoms with Gasteiger partial charge in [-0.2, -0.15) is 0 Å². The summed E-state index contributed by atoms with van der Waals surface area (Å²) in [5.74, 6) is 1.61. The molecule has 5 nitrogen and oxygen atoms in total. The predicted octanol–water partition coefficient (Wildman–Crippen LogP) is 3.21. The van der Waals surface area contributed by atoms with Crippen molar-refractivity contribution < 1.29 is 9.84 Å². The molecule has 2 aromatic heterocycles. The standard InChI is InChI=1S/C17H19N3O2S/c1-12-15(22-11-5-10-21)8-9-18-16(12)20-14-7-4-3-6-13(14)19-17(20)23-2/h3-4,6-9,21H,5,10-11H2,1-2H3. The molecule has 0 saturated carbocycles. The van der Waals surface area contributed by atoms with Crippen LogP contribution < -0.4 is 4.74 Å². The van der Waals surface area contributed by atoms with E-state index in [-0.39, 0.29) is 6.61 Å². The Balaban J connectivity index is 2.10. The number of hydrogen-bond donors (Lipinski definition) is 1. The lowest BCUT2D eigenvalue weighted by Gasteiger charge is -2.14. The molecule has 0 aliphatic rings. The molecule has 1 N–H and O–H groups in total. The maximum absolute atomic E-state index is 8.90. The van der Waals surface area contributed by atoms with E-state index in [1.165, 1.54) is 0 Å². The Morgan fingerprint density at radius 1 is 1.26 bits per heavy atom. The number of thioether (sulfide) groups is 1. The monoisotopic (exact) mass is 329 g/mol. The second-order valence-electron chi connectivity index (χ2n) is 5.11. The number of para-hydroxylation sites is 2. The number of pyridine rings is 1. The Morgan fingerprint density at radius 2 is 2.09 bits per heavy atom. The van der Waals surface area contributed by atoms with Crippen LogP contribution in [0.25, 0.3) is 16.9 Å². The van der Waals surface area contributed by atoms with Crippen LogP contribution in [0.4, 0.5) is 0 Å². The molecule has 0 spiro atoms. The first kappa shape index (κ1) is 15.8. The van der Waals surface area contributed by atoms with Gasteiger partial charge in [0.2, 0.25) is 0 Å². The van der Waals surface area contributed by atoms with Gasteiger partial charge in [-0.1, -0.05) is 23.9 Å². The van der Waals surface area contributed by atoms with Crippen molar-refractivity contribution in [3.8, 4) is 11.6 Å². The number of ether oxygens (including phenoxy) is 1. The lowest BCUT2D eigenvalue weighted by Crippen LogP contribution is -2.06. The molecule has 0 bridgehead atoms. The number of aromatic nitrogens is 3. The molecule has 0 radical (unpaired) electrons. The zero-order valence-corrected chi connectivity index (χ0v) is 14.0. The Kier molecular flexibility index (Phi) is 4.83. The number of aliphatic hydroxyl groups is 1. The van der Waals surface area contributed by atoms with E-state index in [0.717, 1.165) is 33.3 Å². The van der Waals surface area contributed by atoms with E-state index in [0.29, 0.717) is 13.0 Å². The number of imidazole rings is 1. The van der Waals surface area contributed by atoms with Gasteiger partial charge in [-0.25, -0.2) is 9.97 Å². The van der Waals surface area contributed by atoms with E-state index in [2.05, 4.69) is 14.5 Å². The Labute approximate surface area is 139 Å². The highest BCUT2D eigenvalue weighted by Crippen LogP contribution is 2.30. The summed E-state index contributed by atoms with van der Waals surface area (Å²) in [6.07, 6.45) is 4.37. The average Bonchev–Trinajstić information content (AvgIpc) is 2.95. The van der Waals surface area contributed by atoms with E-state index in [4.69, 9.17) is 9.84 Å². The van der Waals surface area contributed by atoms with Crippen molar-refractivity contribution in [3.63, 3.8) is 0 Å². The van der Waals surface area contributed by atoms with Gasteiger partial charge in [-0.05, 0) is 31.4 Å². The molecular formula is C17H19N3O2S. The van der Waals surface area contributed by atoms with E-state index < -0.39 is 0 Å². The number of benzene rings is 1. The van der Waals surface area contributed by atoms with Crippen LogP contribution in [0.5, 0.6) is 5.75 Å². The Hall–Kier alpha value is -2.05. The van der Waals surface area contributed by atoms with E-state index in [1.54, 1.807) is 18.0 Å². The number of aliphatic hydroxyl groups excluding tert-OH is 1. The predicted molar refractivity (Wildman–Crippen MR) is 92.6 cm³/mol. The fourth-order valence-electron chi connectivity index (χ4n) is 2.48. The molecule has 120 valence electrons. The number of fused-ring (bicyclic) bond motifs is 1. The summed E-state index contributed by atoms with van der Waals surface area (Å²) in [4.78, 5) is 9.21. The Morgan fingerprint density at radius 3 is 2.87 bits per heavy atom. The fraction of sp³-hybridized carbons (Fsp3) is 0.294. The van der Waals surface area contributed by atoms with Crippen molar-refractivity contribution in [3.05, 3.63) is 42.1 Å². The second kappa shape index (κ2) is 7.02. The van der Waals surface area contributed by atoms with Gasteiger partial charge in [0, 0.05) is 24.8 Å². The maximum Gasteiger partial charge on any atom is 0.174 e. The molecule has 0 saturated heterocycles. The Bertz CT molecular complexity index is 817. The quantitative estimate of drug-likeness (QED) is 0.556. The third kappa shape index (κ3) is 3.04. The number of nitrogens with zero attached hydrogens (tertiary/aromatic N) is 3. The van der Waals surface area contributed by atoms with Gasteiger partial charge in [0.25, 0.3) is 0 Å². The van der Waals surface area contributed by atoms with Gasteiger partial charge >= 0.3 is 0 Å². The fourth-order valence-corrected chi connectivity index (χ4v) is 3.04. The molecule has 1 aromatic carbocycles. The smallest absolute Gasteiger partial charge is 0.174 e. The van der Waals surface area contributed by atoms with Crippen molar-refractivity contribution in [2.45, 2.75) is 18.5 Å². The average molecular weight is 329 g/mol. The molecular weight excluding hydrogens is 310 g/mol. The molecule has 23 heavy (non-hydrogen) atoms. The van der Waals surface area contributed by atoms with Crippen LogP contribution in [0.3, 0.4) is 0 Å². The molecule has 0 fully saturated rings. The third-order valence-corrected chi connectivity index (χ3v) is 4.25. The van der Waals surface area contributed by atoms with Crippen molar-refractivity contribution in [2.75, 3.05) is 19.5 Å². The van der Waals surface area contributed by atoms with E-state index in [1.807, 2.05) is 43.5 Å². The molecule has 6 heteroatoms. The van der Waals surface area contributed by atoms with Gasteiger partial charge < -0.3 is 9.84 Å². The zero-order chi connectivity index (χ0) is 16.2. The molecule has 0 aliphatic heterocycles. The minimum atomic E-state index is 0.125.